The number of aliphatic hydroxyl groups is 2. The van der Waals surface area contributed by atoms with Crippen molar-refractivity contribution in [2.75, 3.05) is 0 Å². The number of nitrogens with one attached hydrogen (secondary N) is 1. The van der Waals surface area contributed by atoms with Gasteiger partial charge in [-0.15, -0.1) is 0 Å². The highest BCUT2D eigenvalue weighted by molar-refractivity contribution is 5.20. The highest BCUT2D eigenvalue weighted by Crippen LogP contribution is 2.23. The molecule has 0 saturated carbocycles. The van der Waals surface area contributed by atoms with Crippen LogP contribution in [-0.2, 0) is 6.54 Å². The third-order valence-electron chi connectivity index (χ3n) is 4.60. The standard InChI is InChI=1S/C18H21NO2/c1-13-17(20)18(21)16(15-10-6-3-7-11-15)19(13)12-14-8-4-2-5-9-14/h2-11,13,16-18,20-21H,12H2,1H3/p+1/t13-,16+,17-,18+/m1/s1. The van der Waals surface area contributed by atoms with E-state index in [1.807, 2.05) is 55.5 Å². The normalized spacial score (nSPS) is 32.2. The van der Waals surface area contributed by atoms with Crippen LogP contribution in [0.5, 0.6) is 0 Å². The van der Waals surface area contributed by atoms with E-state index >= 15 is 0 Å². The fraction of sp³-hybridized carbons (Fsp3) is 0.333. The second kappa shape index (κ2) is 5.98. The molecule has 5 atom stereocenters. The van der Waals surface area contributed by atoms with Crippen LogP contribution in [0.2, 0.25) is 0 Å². The maximum Gasteiger partial charge on any atom is 0.143 e. The molecule has 110 valence electrons. The van der Waals surface area contributed by atoms with Crippen LogP contribution in [0.15, 0.2) is 60.7 Å². The number of hydrogen-bond acceptors (Lipinski definition) is 2. The van der Waals surface area contributed by atoms with E-state index in [0.717, 1.165) is 12.1 Å². The summed E-state index contributed by atoms with van der Waals surface area (Å²) in [7, 11) is 0. The van der Waals surface area contributed by atoms with Gasteiger partial charge in [0.1, 0.15) is 30.8 Å². The Kier molecular flexibility index (Phi) is 4.06. The van der Waals surface area contributed by atoms with E-state index in [1.165, 1.54) is 10.5 Å². The molecule has 0 spiro atoms. The van der Waals surface area contributed by atoms with Crippen LogP contribution in [0.4, 0.5) is 0 Å². The van der Waals surface area contributed by atoms with E-state index in [0.29, 0.717) is 0 Å². The Morgan fingerprint density at radius 1 is 0.857 bits per heavy atom. The summed E-state index contributed by atoms with van der Waals surface area (Å²) in [5.41, 5.74) is 2.31. The van der Waals surface area contributed by atoms with Gasteiger partial charge in [-0.3, -0.25) is 0 Å². The van der Waals surface area contributed by atoms with Crippen LogP contribution < -0.4 is 4.90 Å². The van der Waals surface area contributed by atoms with Crippen molar-refractivity contribution in [3.8, 4) is 0 Å². The topological polar surface area (TPSA) is 44.9 Å². The summed E-state index contributed by atoms with van der Waals surface area (Å²) < 4.78 is 0. The lowest BCUT2D eigenvalue weighted by Crippen LogP contribution is -3.13. The van der Waals surface area contributed by atoms with Crippen molar-refractivity contribution in [1.82, 2.24) is 0 Å². The minimum Gasteiger partial charge on any atom is -0.384 e. The van der Waals surface area contributed by atoms with E-state index in [1.54, 1.807) is 0 Å². The second-order valence-corrected chi connectivity index (χ2v) is 5.90. The lowest BCUT2D eigenvalue weighted by Gasteiger charge is -2.26. The monoisotopic (exact) mass is 284 g/mol. The molecule has 3 nitrogen and oxygen atoms in total. The first-order valence-electron chi connectivity index (χ1n) is 7.49. The Balaban J connectivity index is 1.91. The molecule has 1 saturated heterocycles. The summed E-state index contributed by atoms with van der Waals surface area (Å²) in [5, 5.41) is 20.7. The van der Waals surface area contributed by atoms with Gasteiger partial charge in [-0.1, -0.05) is 60.7 Å². The molecule has 2 aromatic carbocycles. The van der Waals surface area contributed by atoms with Crippen molar-refractivity contribution < 1.29 is 15.1 Å². The summed E-state index contributed by atoms with van der Waals surface area (Å²) in [5.74, 6) is 0. The predicted molar refractivity (Wildman–Crippen MR) is 81.8 cm³/mol. The minimum absolute atomic E-state index is 0.00501. The molecule has 1 heterocycles. The van der Waals surface area contributed by atoms with Gasteiger partial charge in [0.2, 0.25) is 0 Å². The summed E-state index contributed by atoms with van der Waals surface area (Å²) in [6, 6.07) is 20.2. The molecule has 21 heavy (non-hydrogen) atoms. The van der Waals surface area contributed by atoms with E-state index in [-0.39, 0.29) is 12.1 Å². The van der Waals surface area contributed by atoms with Crippen molar-refractivity contribution in [1.29, 1.82) is 0 Å². The number of aliphatic hydroxyl groups excluding tert-OH is 2. The number of benzene rings is 2. The van der Waals surface area contributed by atoms with Crippen LogP contribution in [0, 0.1) is 0 Å². The first-order chi connectivity index (χ1) is 10.2. The molecular weight excluding hydrogens is 262 g/mol. The number of rotatable bonds is 3. The van der Waals surface area contributed by atoms with E-state index in [4.69, 9.17) is 0 Å². The molecule has 3 rings (SSSR count). The quantitative estimate of drug-likeness (QED) is 0.785. The zero-order valence-electron chi connectivity index (χ0n) is 12.2. The van der Waals surface area contributed by atoms with Gasteiger partial charge in [0, 0.05) is 11.1 Å². The Morgan fingerprint density at radius 3 is 2.05 bits per heavy atom. The Bertz CT molecular complexity index is 572. The average molecular weight is 284 g/mol. The molecule has 0 aromatic heterocycles. The van der Waals surface area contributed by atoms with Gasteiger partial charge in [0.05, 0.1) is 0 Å². The highest BCUT2D eigenvalue weighted by atomic mass is 16.3. The molecule has 2 aromatic rings. The Labute approximate surface area is 125 Å². The molecule has 3 heteroatoms. The molecule has 1 aliphatic rings. The Morgan fingerprint density at radius 2 is 1.43 bits per heavy atom. The minimum atomic E-state index is -0.721. The van der Waals surface area contributed by atoms with Crippen LogP contribution in [0.25, 0.3) is 0 Å². The molecule has 1 unspecified atom stereocenters. The average Bonchev–Trinajstić information content (AvgIpc) is 2.74. The number of quaternary nitrogens is 1. The summed E-state index contributed by atoms with van der Waals surface area (Å²) >= 11 is 0. The van der Waals surface area contributed by atoms with Gasteiger partial charge in [0.15, 0.2) is 0 Å². The lowest BCUT2D eigenvalue weighted by molar-refractivity contribution is -0.956. The van der Waals surface area contributed by atoms with E-state index in [9.17, 15) is 10.2 Å². The molecular formula is C18H22NO2+. The number of hydrogen-bond donors (Lipinski definition) is 3. The Hall–Kier alpha value is -1.68. The third kappa shape index (κ3) is 2.72. The first-order valence-corrected chi connectivity index (χ1v) is 7.49. The van der Waals surface area contributed by atoms with Gasteiger partial charge in [0.25, 0.3) is 0 Å². The highest BCUT2D eigenvalue weighted by Gasteiger charge is 2.49. The fourth-order valence-electron chi connectivity index (χ4n) is 3.39. The van der Waals surface area contributed by atoms with Gasteiger partial charge in [-0.25, -0.2) is 0 Å². The molecule has 0 radical (unpaired) electrons. The van der Waals surface area contributed by atoms with Crippen LogP contribution in [0.3, 0.4) is 0 Å². The SMILES string of the molecule is C[C@@H]1[C@@H](O)[C@@H](O)[C@H](c2ccccc2)[NH+]1Cc1ccccc1. The van der Waals surface area contributed by atoms with Crippen LogP contribution in [0.1, 0.15) is 24.1 Å². The maximum atomic E-state index is 10.5. The first kappa shape index (κ1) is 14.3. The van der Waals surface area contributed by atoms with E-state index < -0.39 is 12.2 Å². The predicted octanol–water partition coefficient (Wildman–Crippen LogP) is 0.937. The van der Waals surface area contributed by atoms with Gasteiger partial charge in [-0.05, 0) is 6.92 Å². The molecule has 1 fully saturated rings. The van der Waals surface area contributed by atoms with Crippen molar-refractivity contribution in [3.05, 3.63) is 71.8 Å². The zero-order chi connectivity index (χ0) is 14.8. The molecule has 0 aliphatic carbocycles. The smallest absolute Gasteiger partial charge is 0.143 e. The van der Waals surface area contributed by atoms with Crippen LogP contribution in [-0.4, -0.2) is 28.5 Å². The maximum absolute atomic E-state index is 10.5. The molecule has 1 aliphatic heterocycles. The van der Waals surface area contributed by atoms with Crippen LogP contribution >= 0.6 is 0 Å². The second-order valence-electron chi connectivity index (χ2n) is 5.90. The van der Waals surface area contributed by atoms with Gasteiger partial charge >= 0.3 is 0 Å². The fourth-order valence-corrected chi connectivity index (χ4v) is 3.39. The summed E-state index contributed by atoms with van der Waals surface area (Å²) in [6.07, 6.45) is -1.41. The summed E-state index contributed by atoms with van der Waals surface area (Å²) in [4.78, 5) is 1.22. The molecule has 0 amide bonds. The van der Waals surface area contributed by atoms with Gasteiger partial charge in [-0.2, -0.15) is 0 Å². The molecule has 0 bridgehead atoms. The number of likely N-dealkylation sites (tertiary alicyclic amines) is 1. The van der Waals surface area contributed by atoms with Crippen molar-refractivity contribution in [3.63, 3.8) is 0 Å². The van der Waals surface area contributed by atoms with Crippen molar-refractivity contribution in [2.24, 2.45) is 0 Å². The largest absolute Gasteiger partial charge is 0.384 e. The molecule has 3 N–H and O–H groups in total. The van der Waals surface area contributed by atoms with Crippen molar-refractivity contribution >= 4 is 0 Å². The summed E-state index contributed by atoms with van der Waals surface area (Å²) in [6.45, 7) is 2.81. The van der Waals surface area contributed by atoms with Gasteiger partial charge < -0.3 is 15.1 Å². The van der Waals surface area contributed by atoms with Crippen molar-refractivity contribution in [2.45, 2.75) is 37.8 Å². The zero-order valence-corrected chi connectivity index (χ0v) is 12.2. The van der Waals surface area contributed by atoms with E-state index in [2.05, 4.69) is 12.1 Å². The third-order valence-corrected chi connectivity index (χ3v) is 4.60. The lowest BCUT2D eigenvalue weighted by atomic mass is 10.0.